The van der Waals surface area contributed by atoms with E-state index in [4.69, 9.17) is 9.47 Å². The van der Waals surface area contributed by atoms with E-state index >= 15 is 0 Å². The summed E-state index contributed by atoms with van der Waals surface area (Å²) in [7, 11) is 0. The lowest BCUT2D eigenvalue weighted by atomic mass is 10.1. The van der Waals surface area contributed by atoms with Crippen molar-refractivity contribution in [1.82, 2.24) is 15.2 Å². The lowest BCUT2D eigenvalue weighted by Crippen LogP contribution is -2.32. The average Bonchev–Trinajstić information content (AvgIpc) is 2.77. The van der Waals surface area contributed by atoms with Crippen LogP contribution in [-0.2, 0) is 32.0 Å². The van der Waals surface area contributed by atoms with Crippen molar-refractivity contribution < 1.29 is 23.6 Å². The molecule has 1 fully saturated rings. The number of nitrogens with one attached hydrogen (secondary N) is 1. The number of carbonyl (C=O) groups excluding carboxylic acids is 2. The fourth-order valence-electron chi connectivity index (χ4n) is 3.08. The second-order valence-corrected chi connectivity index (χ2v) is 8.86. The second kappa shape index (κ2) is 14.8. The molecule has 1 amide bonds. The summed E-state index contributed by atoms with van der Waals surface area (Å²) in [6, 6.07) is 3.99. The molecular formula is C22H33N3O5S. The molecule has 2 rings (SSSR count). The normalized spacial score (nSPS) is 15.5. The first-order chi connectivity index (χ1) is 15.1. The SMILES string of the molecule is CCC(=O)OCC[S+]([O-])CC(=O)NC/C=C\COc1cc(CN2CCCCC2)ccn1. The van der Waals surface area contributed by atoms with Crippen molar-refractivity contribution in [2.45, 2.75) is 39.2 Å². The van der Waals surface area contributed by atoms with Crippen molar-refractivity contribution in [3.8, 4) is 5.88 Å². The highest BCUT2D eigenvalue weighted by Gasteiger charge is 2.13. The summed E-state index contributed by atoms with van der Waals surface area (Å²) in [6.45, 7) is 5.65. The summed E-state index contributed by atoms with van der Waals surface area (Å²) in [4.78, 5) is 29.5. The van der Waals surface area contributed by atoms with Gasteiger partial charge in [0.25, 0.3) is 5.91 Å². The van der Waals surface area contributed by atoms with Crippen LogP contribution in [0.2, 0.25) is 0 Å². The van der Waals surface area contributed by atoms with Crippen LogP contribution in [0.4, 0.5) is 0 Å². The molecule has 1 aliphatic rings. The van der Waals surface area contributed by atoms with E-state index in [9.17, 15) is 14.1 Å². The monoisotopic (exact) mass is 451 g/mol. The minimum absolute atomic E-state index is 0.0665. The molecule has 0 radical (unpaired) electrons. The van der Waals surface area contributed by atoms with Crippen molar-refractivity contribution >= 4 is 23.1 Å². The van der Waals surface area contributed by atoms with Gasteiger partial charge in [-0.2, -0.15) is 0 Å². The van der Waals surface area contributed by atoms with Gasteiger partial charge in [-0.1, -0.05) is 19.4 Å². The third-order valence-electron chi connectivity index (χ3n) is 4.72. The van der Waals surface area contributed by atoms with Gasteiger partial charge in [0, 0.05) is 31.8 Å². The molecule has 1 N–H and O–H groups in total. The smallest absolute Gasteiger partial charge is 0.305 e. The van der Waals surface area contributed by atoms with Gasteiger partial charge in [0.2, 0.25) is 5.88 Å². The van der Waals surface area contributed by atoms with Crippen LogP contribution in [-0.4, -0.2) is 70.7 Å². The van der Waals surface area contributed by atoms with Crippen LogP contribution < -0.4 is 10.1 Å². The number of piperidine rings is 1. The lowest BCUT2D eigenvalue weighted by molar-refractivity contribution is -0.142. The van der Waals surface area contributed by atoms with Crippen molar-refractivity contribution in [3.63, 3.8) is 0 Å². The Morgan fingerprint density at radius 1 is 1.29 bits per heavy atom. The van der Waals surface area contributed by atoms with E-state index in [2.05, 4.69) is 15.2 Å². The van der Waals surface area contributed by atoms with Crippen LogP contribution in [0.5, 0.6) is 5.88 Å². The Hall–Kier alpha value is -2.10. The molecule has 9 heteroatoms. The highest BCUT2D eigenvalue weighted by Crippen LogP contribution is 2.15. The van der Waals surface area contributed by atoms with Gasteiger partial charge in [-0.25, -0.2) is 4.98 Å². The molecule has 31 heavy (non-hydrogen) atoms. The van der Waals surface area contributed by atoms with E-state index < -0.39 is 11.2 Å². The molecule has 1 atom stereocenters. The Labute approximate surface area is 187 Å². The van der Waals surface area contributed by atoms with Gasteiger partial charge >= 0.3 is 5.97 Å². The van der Waals surface area contributed by atoms with Crippen molar-refractivity contribution in [3.05, 3.63) is 36.0 Å². The molecule has 1 saturated heterocycles. The Morgan fingerprint density at radius 3 is 2.87 bits per heavy atom. The number of nitrogens with zero attached hydrogens (tertiary/aromatic N) is 2. The molecule has 0 aliphatic carbocycles. The molecule has 1 aliphatic heterocycles. The number of carbonyl (C=O) groups is 2. The Kier molecular flexibility index (Phi) is 12.0. The quantitative estimate of drug-likeness (QED) is 0.277. The van der Waals surface area contributed by atoms with Crippen molar-refractivity contribution in [2.24, 2.45) is 0 Å². The zero-order valence-electron chi connectivity index (χ0n) is 18.2. The van der Waals surface area contributed by atoms with Crippen LogP contribution in [0.3, 0.4) is 0 Å². The first kappa shape index (κ1) is 25.2. The molecule has 0 spiro atoms. The highest BCUT2D eigenvalue weighted by atomic mass is 32.2. The fraction of sp³-hybridized carbons (Fsp3) is 0.591. The molecule has 8 nitrogen and oxygen atoms in total. The maximum Gasteiger partial charge on any atom is 0.305 e. The molecule has 1 aromatic heterocycles. The number of rotatable bonds is 13. The predicted octanol–water partition coefficient (Wildman–Crippen LogP) is 1.82. The standard InChI is InChI=1S/C22H33N3O5S/c1-2-22(27)30-14-15-31(28)18-20(26)23-9-4-7-13-29-21-16-19(8-10-24-21)17-25-11-5-3-6-12-25/h4,7-8,10,16H,2-3,5-6,9,11-15,17-18H2,1H3,(H,23,26)/b7-4-. The first-order valence-corrected chi connectivity index (χ1v) is 12.3. The number of hydrogen-bond donors (Lipinski definition) is 1. The van der Waals surface area contributed by atoms with Crippen molar-refractivity contribution in [2.75, 3.05) is 44.4 Å². The summed E-state index contributed by atoms with van der Waals surface area (Å²) in [6.07, 6.45) is 9.48. The summed E-state index contributed by atoms with van der Waals surface area (Å²) in [5, 5.41) is 2.67. The van der Waals surface area contributed by atoms with E-state index in [1.54, 1.807) is 25.3 Å². The van der Waals surface area contributed by atoms with Gasteiger partial charge in [-0.3, -0.25) is 14.5 Å². The third kappa shape index (κ3) is 11.2. The molecule has 1 unspecified atom stereocenters. The van der Waals surface area contributed by atoms with E-state index in [-0.39, 0.29) is 36.4 Å². The predicted molar refractivity (Wildman–Crippen MR) is 120 cm³/mol. The Morgan fingerprint density at radius 2 is 2.10 bits per heavy atom. The number of amides is 1. The zero-order chi connectivity index (χ0) is 22.3. The van der Waals surface area contributed by atoms with E-state index in [1.165, 1.54) is 24.8 Å². The maximum absolute atomic E-state index is 11.8. The number of ether oxygens (including phenoxy) is 2. The van der Waals surface area contributed by atoms with Crippen LogP contribution in [0, 0.1) is 0 Å². The van der Waals surface area contributed by atoms with Crippen LogP contribution in [0.25, 0.3) is 0 Å². The van der Waals surface area contributed by atoms with E-state index in [0.717, 1.165) is 19.6 Å². The average molecular weight is 452 g/mol. The maximum atomic E-state index is 11.8. The topological polar surface area (TPSA) is 104 Å². The number of likely N-dealkylation sites (tertiary alicyclic amines) is 1. The summed E-state index contributed by atoms with van der Waals surface area (Å²) < 4.78 is 22.3. The summed E-state index contributed by atoms with van der Waals surface area (Å²) in [5.41, 5.74) is 1.20. The largest absolute Gasteiger partial charge is 0.616 e. The molecule has 2 heterocycles. The molecule has 0 bridgehead atoms. The van der Waals surface area contributed by atoms with Gasteiger partial charge in [0.05, 0.1) is 0 Å². The van der Waals surface area contributed by atoms with Gasteiger partial charge in [0.1, 0.15) is 19.0 Å². The number of hydrogen-bond acceptors (Lipinski definition) is 7. The van der Waals surface area contributed by atoms with Gasteiger partial charge in [-0.15, -0.1) is 0 Å². The molecular weight excluding hydrogens is 418 g/mol. The number of esters is 1. The molecule has 1 aromatic rings. The minimum atomic E-state index is -1.36. The molecule has 0 aromatic carbocycles. The number of pyridine rings is 1. The van der Waals surface area contributed by atoms with Gasteiger partial charge in [0.15, 0.2) is 5.75 Å². The minimum Gasteiger partial charge on any atom is -0.616 e. The molecule has 172 valence electrons. The molecule has 0 saturated carbocycles. The fourth-order valence-corrected chi connectivity index (χ4v) is 3.89. The zero-order valence-corrected chi connectivity index (χ0v) is 19.0. The lowest BCUT2D eigenvalue weighted by Gasteiger charge is -2.26. The Bertz CT molecular complexity index is 710. The van der Waals surface area contributed by atoms with Gasteiger partial charge in [-0.05, 0) is 54.8 Å². The second-order valence-electron chi connectivity index (χ2n) is 7.29. The van der Waals surface area contributed by atoms with Gasteiger partial charge < -0.3 is 19.3 Å². The summed E-state index contributed by atoms with van der Waals surface area (Å²) in [5.74, 6) is -0.00749. The Balaban J connectivity index is 1.58. The highest BCUT2D eigenvalue weighted by molar-refractivity contribution is 7.92. The van der Waals surface area contributed by atoms with Crippen LogP contribution in [0.1, 0.15) is 38.2 Å². The van der Waals surface area contributed by atoms with E-state index in [0.29, 0.717) is 19.0 Å². The van der Waals surface area contributed by atoms with Crippen LogP contribution >= 0.6 is 0 Å². The first-order valence-electron chi connectivity index (χ1n) is 10.8. The van der Waals surface area contributed by atoms with Crippen molar-refractivity contribution in [1.29, 1.82) is 0 Å². The van der Waals surface area contributed by atoms with Crippen LogP contribution in [0.15, 0.2) is 30.5 Å². The summed E-state index contributed by atoms with van der Waals surface area (Å²) >= 11 is -1.36. The van der Waals surface area contributed by atoms with E-state index in [1.807, 2.05) is 12.1 Å². The third-order valence-corrected chi connectivity index (χ3v) is 5.93. The number of aromatic nitrogens is 1.